The summed E-state index contributed by atoms with van der Waals surface area (Å²) in [5, 5.41) is 0. The van der Waals surface area contributed by atoms with Gasteiger partial charge in [-0.1, -0.05) is 33.6 Å². The number of rotatable bonds is 9. The van der Waals surface area contributed by atoms with Gasteiger partial charge in [0, 0.05) is 11.3 Å². The fourth-order valence-corrected chi connectivity index (χ4v) is 4.03. The van der Waals surface area contributed by atoms with Gasteiger partial charge >= 0.3 is 5.97 Å². The minimum atomic E-state index is -0.590. The highest BCUT2D eigenvalue weighted by Gasteiger charge is 2.41. The molecule has 0 saturated heterocycles. The topological polar surface area (TPSA) is 43.4 Å². The number of esters is 1. The third-order valence-electron chi connectivity index (χ3n) is 3.76. The molecule has 0 fully saturated rings. The molecule has 0 atom stereocenters. The first-order chi connectivity index (χ1) is 10.1. The van der Waals surface area contributed by atoms with Crippen molar-refractivity contribution in [3.8, 4) is 0 Å². The third kappa shape index (κ3) is 3.94. The molecule has 0 amide bonds. The Labute approximate surface area is 131 Å². The summed E-state index contributed by atoms with van der Waals surface area (Å²) in [5.74, 6) is -0.0111. The van der Waals surface area contributed by atoms with Gasteiger partial charge in [-0.2, -0.15) is 0 Å². The van der Waals surface area contributed by atoms with E-state index in [1.54, 1.807) is 0 Å². The van der Waals surface area contributed by atoms with Crippen LogP contribution in [0.4, 0.5) is 0 Å². The van der Waals surface area contributed by atoms with Crippen molar-refractivity contribution < 1.29 is 14.3 Å². The van der Waals surface area contributed by atoms with Crippen LogP contribution in [0.15, 0.2) is 12.1 Å². The molecule has 0 aliphatic rings. The number of hydrogen-bond donors (Lipinski definition) is 0. The van der Waals surface area contributed by atoms with Crippen LogP contribution in [0.5, 0.6) is 0 Å². The van der Waals surface area contributed by atoms with E-state index in [1.807, 2.05) is 19.1 Å². The molecule has 0 saturated carbocycles. The maximum Gasteiger partial charge on any atom is 0.317 e. The molecule has 0 bridgehead atoms. The lowest BCUT2D eigenvalue weighted by atomic mass is 9.78. The van der Waals surface area contributed by atoms with Crippen molar-refractivity contribution >= 4 is 23.1 Å². The Bertz CT molecular complexity index is 470. The fraction of sp³-hybridized carbons (Fsp3) is 0.647. The molecule has 0 spiro atoms. The molecule has 0 aromatic carbocycles. The van der Waals surface area contributed by atoms with Crippen molar-refractivity contribution in [3.05, 3.63) is 21.9 Å². The van der Waals surface area contributed by atoms with Crippen molar-refractivity contribution in [1.29, 1.82) is 0 Å². The molecular formula is C17H26O3S. The summed E-state index contributed by atoms with van der Waals surface area (Å²) in [6.45, 7) is 6.15. The van der Waals surface area contributed by atoms with Crippen LogP contribution in [-0.2, 0) is 14.9 Å². The molecule has 0 unspecified atom stereocenters. The number of Topliss-reactive ketones (excluding diaryl/α,β-unsaturated/α-hetero) is 1. The average Bonchev–Trinajstić information content (AvgIpc) is 2.96. The van der Waals surface area contributed by atoms with E-state index in [1.165, 1.54) is 18.4 Å². The van der Waals surface area contributed by atoms with Gasteiger partial charge in [-0.15, -0.1) is 11.3 Å². The van der Waals surface area contributed by atoms with Crippen LogP contribution in [0.2, 0.25) is 0 Å². The first-order valence-corrected chi connectivity index (χ1v) is 8.59. The molecule has 118 valence electrons. The van der Waals surface area contributed by atoms with Gasteiger partial charge in [0.05, 0.1) is 12.0 Å². The van der Waals surface area contributed by atoms with Gasteiger partial charge in [0.15, 0.2) is 5.78 Å². The molecule has 0 aliphatic heterocycles. The molecule has 0 radical (unpaired) electrons. The molecule has 1 heterocycles. The molecule has 1 aromatic heterocycles. The lowest BCUT2D eigenvalue weighted by molar-refractivity contribution is -0.148. The molecule has 4 heteroatoms. The first-order valence-electron chi connectivity index (χ1n) is 7.77. The summed E-state index contributed by atoms with van der Waals surface area (Å²) in [5.41, 5.74) is -0.590. The van der Waals surface area contributed by atoms with E-state index in [0.29, 0.717) is 6.42 Å². The largest absolute Gasteiger partial charge is 0.468 e. The normalized spacial score (nSPS) is 11.4. The van der Waals surface area contributed by atoms with Crippen molar-refractivity contribution in [3.63, 3.8) is 0 Å². The van der Waals surface area contributed by atoms with Crippen LogP contribution in [-0.4, -0.2) is 18.9 Å². The zero-order chi connectivity index (χ0) is 15.9. The summed E-state index contributed by atoms with van der Waals surface area (Å²) in [6, 6.07) is 3.80. The van der Waals surface area contributed by atoms with E-state index >= 15 is 0 Å². The van der Waals surface area contributed by atoms with Crippen molar-refractivity contribution in [2.45, 2.75) is 64.7 Å². The van der Waals surface area contributed by atoms with Gasteiger partial charge in [0.1, 0.15) is 5.41 Å². The number of ether oxygens (including phenoxy) is 1. The summed E-state index contributed by atoms with van der Waals surface area (Å²) in [4.78, 5) is 26.2. The summed E-state index contributed by atoms with van der Waals surface area (Å²) in [6.07, 6.45) is 4.74. The second-order valence-electron chi connectivity index (χ2n) is 5.41. The quantitative estimate of drug-likeness (QED) is 0.488. The predicted octanol–water partition coefficient (Wildman–Crippen LogP) is 4.74. The van der Waals surface area contributed by atoms with E-state index in [-0.39, 0.29) is 11.8 Å². The van der Waals surface area contributed by atoms with Crippen molar-refractivity contribution in [2.75, 3.05) is 7.11 Å². The van der Waals surface area contributed by atoms with E-state index in [4.69, 9.17) is 4.74 Å². The Kier molecular flexibility index (Phi) is 7.09. The molecule has 0 aliphatic carbocycles. The molecule has 0 N–H and O–H groups in total. The molecule has 3 nitrogen and oxygen atoms in total. The number of ketones is 1. The van der Waals surface area contributed by atoms with E-state index in [2.05, 4.69) is 13.8 Å². The zero-order valence-corrected chi connectivity index (χ0v) is 14.3. The van der Waals surface area contributed by atoms with E-state index in [0.717, 1.165) is 41.9 Å². The van der Waals surface area contributed by atoms with Gasteiger partial charge in [0.2, 0.25) is 0 Å². The standard InChI is InChI=1S/C17H26O3S/c1-5-8-13(18)14-9-10-15(21-14)17(11-6-2,12-7-3)16(19)20-4/h9-10H,5-8,11-12H2,1-4H3. The van der Waals surface area contributed by atoms with Gasteiger partial charge in [-0.05, 0) is 31.4 Å². The fourth-order valence-electron chi connectivity index (χ4n) is 2.82. The zero-order valence-electron chi connectivity index (χ0n) is 13.5. The minimum absolute atomic E-state index is 0.167. The second-order valence-corrected chi connectivity index (χ2v) is 6.49. The maximum absolute atomic E-state index is 12.4. The Morgan fingerprint density at radius 2 is 1.71 bits per heavy atom. The van der Waals surface area contributed by atoms with Gasteiger partial charge in [-0.3, -0.25) is 9.59 Å². The van der Waals surface area contributed by atoms with E-state index < -0.39 is 5.41 Å². The number of thiophene rings is 1. The van der Waals surface area contributed by atoms with Crippen LogP contribution in [0, 0.1) is 0 Å². The second kappa shape index (κ2) is 8.32. The van der Waals surface area contributed by atoms with Crippen LogP contribution in [0.3, 0.4) is 0 Å². The van der Waals surface area contributed by atoms with E-state index in [9.17, 15) is 9.59 Å². The monoisotopic (exact) mass is 310 g/mol. The minimum Gasteiger partial charge on any atom is -0.468 e. The summed E-state index contributed by atoms with van der Waals surface area (Å²) in [7, 11) is 1.44. The number of hydrogen-bond acceptors (Lipinski definition) is 4. The number of carbonyl (C=O) groups excluding carboxylic acids is 2. The van der Waals surface area contributed by atoms with Crippen LogP contribution < -0.4 is 0 Å². The Morgan fingerprint density at radius 1 is 1.10 bits per heavy atom. The highest BCUT2D eigenvalue weighted by atomic mass is 32.1. The Balaban J connectivity index is 3.19. The van der Waals surface area contributed by atoms with Crippen LogP contribution in [0.1, 0.15) is 73.8 Å². The summed E-state index contributed by atoms with van der Waals surface area (Å²) >= 11 is 1.46. The summed E-state index contributed by atoms with van der Waals surface area (Å²) < 4.78 is 5.08. The Hall–Kier alpha value is -1.16. The highest BCUT2D eigenvalue weighted by Crippen LogP contribution is 2.40. The molecule has 1 aromatic rings. The van der Waals surface area contributed by atoms with Crippen LogP contribution >= 0.6 is 11.3 Å². The van der Waals surface area contributed by atoms with Gasteiger partial charge in [0.25, 0.3) is 0 Å². The van der Waals surface area contributed by atoms with Crippen LogP contribution in [0.25, 0.3) is 0 Å². The molecular weight excluding hydrogens is 284 g/mol. The lowest BCUT2D eigenvalue weighted by Gasteiger charge is -2.29. The van der Waals surface area contributed by atoms with Crippen molar-refractivity contribution in [2.24, 2.45) is 0 Å². The first kappa shape index (κ1) is 17.9. The maximum atomic E-state index is 12.4. The van der Waals surface area contributed by atoms with Crippen molar-refractivity contribution in [1.82, 2.24) is 0 Å². The molecule has 1 rings (SSSR count). The number of methoxy groups -OCH3 is 1. The highest BCUT2D eigenvalue weighted by molar-refractivity contribution is 7.14. The van der Waals surface area contributed by atoms with Gasteiger partial charge < -0.3 is 4.74 Å². The van der Waals surface area contributed by atoms with Gasteiger partial charge in [-0.25, -0.2) is 0 Å². The number of carbonyl (C=O) groups is 2. The predicted molar refractivity (Wildman–Crippen MR) is 87.1 cm³/mol. The Morgan fingerprint density at radius 3 is 2.19 bits per heavy atom. The third-order valence-corrected chi connectivity index (χ3v) is 5.09. The smallest absolute Gasteiger partial charge is 0.317 e. The lowest BCUT2D eigenvalue weighted by Crippen LogP contribution is -2.36. The molecule has 21 heavy (non-hydrogen) atoms. The average molecular weight is 310 g/mol. The SMILES string of the molecule is CCCC(=O)c1ccc(C(CCC)(CCC)C(=O)OC)s1.